The average Bonchev–Trinajstić information content (AvgIpc) is 2.25. The van der Waals surface area contributed by atoms with E-state index in [1.807, 2.05) is 12.1 Å². The Hall–Kier alpha value is -1.11. The molecule has 0 saturated heterocycles. The van der Waals surface area contributed by atoms with Crippen LogP contribution < -0.4 is 0 Å². The van der Waals surface area contributed by atoms with Gasteiger partial charge in [0.25, 0.3) is 5.91 Å². The standard InChI is InChI=1S/C11H12INO3/c1-13(7-6-10(14)15)11(16)8-4-2-3-5-9(8)12/h2-5H,6-7H2,1H3,(H,14,15). The van der Waals surface area contributed by atoms with Gasteiger partial charge in [-0.1, -0.05) is 12.1 Å². The third-order valence-corrected chi connectivity index (χ3v) is 3.05. The molecule has 5 heteroatoms. The zero-order valence-corrected chi connectivity index (χ0v) is 11.0. The fourth-order valence-electron chi connectivity index (χ4n) is 1.21. The van der Waals surface area contributed by atoms with Gasteiger partial charge in [-0.15, -0.1) is 0 Å². The quantitative estimate of drug-likeness (QED) is 0.856. The molecule has 0 atom stereocenters. The first-order valence-corrected chi connectivity index (χ1v) is 5.82. The van der Waals surface area contributed by atoms with Crippen LogP contribution in [0.2, 0.25) is 0 Å². The molecular formula is C11H12INO3. The van der Waals surface area contributed by atoms with E-state index in [1.54, 1.807) is 19.2 Å². The van der Waals surface area contributed by atoms with Gasteiger partial charge < -0.3 is 10.0 Å². The summed E-state index contributed by atoms with van der Waals surface area (Å²) in [5.74, 6) is -1.05. The third-order valence-electron chi connectivity index (χ3n) is 2.11. The van der Waals surface area contributed by atoms with Crippen LogP contribution in [0.1, 0.15) is 16.8 Å². The van der Waals surface area contributed by atoms with E-state index in [0.717, 1.165) is 3.57 Å². The molecule has 16 heavy (non-hydrogen) atoms. The SMILES string of the molecule is CN(CCC(=O)O)C(=O)c1ccccc1I. The van der Waals surface area contributed by atoms with Crippen LogP contribution in [0, 0.1) is 3.57 Å². The summed E-state index contributed by atoms with van der Waals surface area (Å²) >= 11 is 2.09. The number of halogens is 1. The molecule has 86 valence electrons. The summed E-state index contributed by atoms with van der Waals surface area (Å²) in [4.78, 5) is 23.7. The van der Waals surface area contributed by atoms with Crippen molar-refractivity contribution in [2.24, 2.45) is 0 Å². The molecule has 0 spiro atoms. The maximum Gasteiger partial charge on any atom is 0.305 e. The highest BCUT2D eigenvalue weighted by atomic mass is 127. The normalized spacial score (nSPS) is 9.88. The number of carbonyl (C=O) groups excluding carboxylic acids is 1. The summed E-state index contributed by atoms with van der Waals surface area (Å²) in [6, 6.07) is 7.23. The van der Waals surface area contributed by atoms with Crippen LogP contribution in [0.15, 0.2) is 24.3 Å². The molecule has 1 aromatic carbocycles. The first kappa shape index (κ1) is 13.0. The lowest BCUT2D eigenvalue weighted by Gasteiger charge is -2.16. The molecule has 4 nitrogen and oxygen atoms in total. The Labute approximate surface area is 107 Å². The number of rotatable bonds is 4. The largest absolute Gasteiger partial charge is 0.481 e. The molecule has 1 rings (SSSR count). The molecule has 0 heterocycles. The van der Waals surface area contributed by atoms with Crippen molar-refractivity contribution < 1.29 is 14.7 Å². The summed E-state index contributed by atoms with van der Waals surface area (Å²) in [6.07, 6.45) is -0.0361. The summed E-state index contributed by atoms with van der Waals surface area (Å²) in [5.41, 5.74) is 0.607. The lowest BCUT2D eigenvalue weighted by molar-refractivity contribution is -0.137. The Bertz CT molecular complexity index is 406. The van der Waals surface area contributed by atoms with Crippen molar-refractivity contribution >= 4 is 34.5 Å². The maximum absolute atomic E-state index is 11.9. The van der Waals surface area contributed by atoms with E-state index in [1.165, 1.54) is 4.90 Å². The van der Waals surface area contributed by atoms with Crippen molar-refractivity contribution in [3.8, 4) is 0 Å². The Kier molecular flexibility index (Phi) is 4.72. The second kappa shape index (κ2) is 5.83. The average molecular weight is 333 g/mol. The van der Waals surface area contributed by atoms with Crippen LogP contribution in [0.5, 0.6) is 0 Å². The highest BCUT2D eigenvalue weighted by molar-refractivity contribution is 14.1. The lowest BCUT2D eigenvalue weighted by atomic mass is 10.2. The van der Waals surface area contributed by atoms with Crippen LogP contribution in [0.4, 0.5) is 0 Å². The van der Waals surface area contributed by atoms with Crippen LogP contribution in [0.25, 0.3) is 0 Å². The zero-order valence-electron chi connectivity index (χ0n) is 8.81. The second-order valence-corrected chi connectivity index (χ2v) is 4.51. The molecule has 1 N–H and O–H groups in total. The van der Waals surface area contributed by atoms with Crippen molar-refractivity contribution in [1.29, 1.82) is 0 Å². The third kappa shape index (κ3) is 3.48. The van der Waals surface area contributed by atoms with Crippen LogP contribution in [0.3, 0.4) is 0 Å². The number of hydrogen-bond donors (Lipinski definition) is 1. The number of carbonyl (C=O) groups is 2. The van der Waals surface area contributed by atoms with Crippen molar-refractivity contribution in [2.75, 3.05) is 13.6 Å². The second-order valence-electron chi connectivity index (χ2n) is 3.35. The van der Waals surface area contributed by atoms with E-state index in [4.69, 9.17) is 5.11 Å². The van der Waals surface area contributed by atoms with E-state index >= 15 is 0 Å². The van der Waals surface area contributed by atoms with Gasteiger partial charge >= 0.3 is 5.97 Å². The van der Waals surface area contributed by atoms with Gasteiger partial charge in [0.05, 0.1) is 12.0 Å². The first-order chi connectivity index (χ1) is 7.52. The van der Waals surface area contributed by atoms with Crippen LogP contribution >= 0.6 is 22.6 Å². The highest BCUT2D eigenvalue weighted by Gasteiger charge is 2.14. The molecule has 0 aliphatic rings. The molecule has 0 unspecified atom stereocenters. The summed E-state index contributed by atoms with van der Waals surface area (Å²) < 4.78 is 0.868. The molecule has 1 amide bonds. The van der Waals surface area contributed by atoms with E-state index < -0.39 is 5.97 Å². The predicted octanol–water partition coefficient (Wildman–Crippen LogP) is 1.84. The van der Waals surface area contributed by atoms with E-state index in [9.17, 15) is 9.59 Å². The van der Waals surface area contributed by atoms with Crippen molar-refractivity contribution in [2.45, 2.75) is 6.42 Å². The maximum atomic E-state index is 11.9. The monoisotopic (exact) mass is 333 g/mol. The number of carboxylic acids is 1. The Morgan fingerprint density at radius 3 is 2.56 bits per heavy atom. The number of hydrogen-bond acceptors (Lipinski definition) is 2. The fourth-order valence-corrected chi connectivity index (χ4v) is 1.82. The Morgan fingerprint density at radius 1 is 1.38 bits per heavy atom. The van der Waals surface area contributed by atoms with Gasteiger partial charge in [0.15, 0.2) is 0 Å². The molecule has 0 aliphatic carbocycles. The molecule has 0 radical (unpaired) electrons. The van der Waals surface area contributed by atoms with Gasteiger partial charge in [-0.05, 0) is 34.7 Å². The van der Waals surface area contributed by atoms with E-state index in [-0.39, 0.29) is 18.9 Å². The van der Waals surface area contributed by atoms with Crippen LogP contribution in [-0.4, -0.2) is 35.5 Å². The van der Waals surface area contributed by atoms with Crippen molar-refractivity contribution in [3.63, 3.8) is 0 Å². The molecule has 0 fully saturated rings. The van der Waals surface area contributed by atoms with Gasteiger partial charge in [0, 0.05) is 17.2 Å². The lowest BCUT2D eigenvalue weighted by Crippen LogP contribution is -2.29. The minimum atomic E-state index is -0.901. The summed E-state index contributed by atoms with van der Waals surface area (Å²) in [7, 11) is 1.61. The van der Waals surface area contributed by atoms with Gasteiger partial charge in [-0.25, -0.2) is 0 Å². The number of carboxylic acid groups (broad SMARTS) is 1. The predicted molar refractivity (Wildman–Crippen MR) is 68.4 cm³/mol. The van der Waals surface area contributed by atoms with E-state index in [0.29, 0.717) is 5.56 Å². The number of aliphatic carboxylic acids is 1. The molecule has 1 aromatic rings. The number of nitrogens with zero attached hydrogens (tertiary/aromatic N) is 1. The van der Waals surface area contributed by atoms with E-state index in [2.05, 4.69) is 22.6 Å². The minimum absolute atomic E-state index is 0.0361. The summed E-state index contributed by atoms with van der Waals surface area (Å²) in [5, 5.41) is 8.53. The van der Waals surface area contributed by atoms with Crippen molar-refractivity contribution in [3.05, 3.63) is 33.4 Å². The molecule has 0 aromatic heterocycles. The summed E-state index contributed by atoms with van der Waals surface area (Å²) in [6.45, 7) is 0.221. The topological polar surface area (TPSA) is 57.6 Å². The first-order valence-electron chi connectivity index (χ1n) is 4.74. The molecule has 0 bridgehead atoms. The molecule has 0 saturated carbocycles. The minimum Gasteiger partial charge on any atom is -0.481 e. The highest BCUT2D eigenvalue weighted by Crippen LogP contribution is 2.13. The fraction of sp³-hybridized carbons (Fsp3) is 0.273. The molecular weight excluding hydrogens is 321 g/mol. The van der Waals surface area contributed by atoms with Gasteiger partial charge in [0.1, 0.15) is 0 Å². The van der Waals surface area contributed by atoms with Gasteiger partial charge in [0.2, 0.25) is 0 Å². The zero-order chi connectivity index (χ0) is 12.1. The van der Waals surface area contributed by atoms with Gasteiger partial charge in [-0.3, -0.25) is 9.59 Å². The molecule has 0 aliphatic heterocycles. The van der Waals surface area contributed by atoms with Crippen molar-refractivity contribution in [1.82, 2.24) is 4.90 Å². The number of amides is 1. The van der Waals surface area contributed by atoms with Crippen LogP contribution in [-0.2, 0) is 4.79 Å². The smallest absolute Gasteiger partial charge is 0.305 e. The Morgan fingerprint density at radius 2 is 2.00 bits per heavy atom. The van der Waals surface area contributed by atoms with Gasteiger partial charge in [-0.2, -0.15) is 0 Å². The number of benzene rings is 1. The Balaban J connectivity index is 2.71.